The van der Waals surface area contributed by atoms with Crippen molar-refractivity contribution in [1.82, 2.24) is 30.6 Å². The van der Waals surface area contributed by atoms with E-state index < -0.39 is 47.4 Å². The number of nitrogens with one attached hydrogen (secondary N) is 2. The Kier molecular flexibility index (Phi) is 10.1. The van der Waals surface area contributed by atoms with Crippen molar-refractivity contribution in [3.05, 3.63) is 118 Å². The lowest BCUT2D eigenvalue weighted by Crippen LogP contribution is -2.52. The number of hydrogen-bond acceptors (Lipinski definition) is 9. The Morgan fingerprint density at radius 1 is 0.939 bits per heavy atom. The fourth-order valence-corrected chi connectivity index (χ4v) is 5.63. The smallest absolute Gasteiger partial charge is 0.424 e. The van der Waals surface area contributed by atoms with Crippen molar-refractivity contribution in [2.24, 2.45) is 0 Å². The highest BCUT2D eigenvalue weighted by Gasteiger charge is 2.57. The van der Waals surface area contributed by atoms with Gasteiger partial charge >= 0.3 is 12.3 Å². The van der Waals surface area contributed by atoms with Gasteiger partial charge in [0.05, 0.1) is 29.2 Å². The molecule has 5 aromatic rings. The van der Waals surface area contributed by atoms with Crippen molar-refractivity contribution in [3.8, 4) is 22.1 Å². The van der Waals surface area contributed by atoms with E-state index in [9.17, 15) is 32.3 Å². The average Bonchev–Trinajstić information content (AvgIpc) is 3.48. The minimum absolute atomic E-state index is 0.0000343. The third kappa shape index (κ3) is 8.06. The average molecular weight is 695 g/mol. The Labute approximate surface area is 282 Å². The molecule has 0 aliphatic carbocycles. The molecule has 2 aromatic carbocycles. The number of ether oxygens (including phenoxy) is 1. The van der Waals surface area contributed by atoms with E-state index in [1.54, 1.807) is 36.4 Å². The van der Waals surface area contributed by atoms with Gasteiger partial charge in [0.2, 0.25) is 5.60 Å². The minimum Gasteiger partial charge on any atom is -0.445 e. The highest BCUT2D eigenvalue weighted by Crippen LogP contribution is 2.40. The summed E-state index contributed by atoms with van der Waals surface area (Å²) in [6.45, 7) is 3.18. The predicted octanol–water partition coefficient (Wildman–Crippen LogP) is 6.45. The number of nitrogens with zero attached hydrogens (tertiary/aromatic N) is 4. The number of benzene rings is 2. The van der Waals surface area contributed by atoms with Crippen molar-refractivity contribution >= 4 is 23.3 Å². The fraction of sp³-hybridized carbons (Fsp3) is 0.235. The summed E-state index contributed by atoms with van der Waals surface area (Å²) in [6, 6.07) is 17.7. The lowest BCUT2D eigenvalue weighted by molar-refractivity contribution is -0.265. The third-order valence-electron chi connectivity index (χ3n) is 7.47. The topological polar surface area (TPSA) is 139 Å². The summed E-state index contributed by atoms with van der Waals surface area (Å²) in [7, 11) is 0. The lowest BCUT2D eigenvalue weighted by atomic mass is 9.88. The van der Waals surface area contributed by atoms with E-state index in [0.717, 1.165) is 35.1 Å². The molecule has 3 N–H and O–H groups in total. The van der Waals surface area contributed by atoms with Crippen molar-refractivity contribution in [3.63, 3.8) is 0 Å². The van der Waals surface area contributed by atoms with Gasteiger partial charge in [0.25, 0.3) is 5.91 Å². The first-order valence-corrected chi connectivity index (χ1v) is 15.6. The largest absolute Gasteiger partial charge is 0.445 e. The highest BCUT2D eigenvalue weighted by atomic mass is 32.1. The van der Waals surface area contributed by atoms with Gasteiger partial charge in [0.15, 0.2) is 10.8 Å². The monoisotopic (exact) mass is 694 g/mol. The Morgan fingerprint density at radius 3 is 2.27 bits per heavy atom. The van der Waals surface area contributed by atoms with Gasteiger partial charge in [-0.1, -0.05) is 30.3 Å². The zero-order valence-electron chi connectivity index (χ0n) is 26.4. The molecule has 0 radical (unpaired) electrons. The number of aromatic nitrogens is 4. The van der Waals surface area contributed by atoms with Crippen LogP contribution in [0.4, 0.5) is 22.4 Å². The standard InChI is InChI=1S/C34H30F4N6O4S/c1-20-27(49-30(42-20)28-39-14-7-15-40-28)29(45)41-19-33(47,34(36,37)38)26-17-23(16-25(43-26)22-10-12-24(35)13-11-22)32(2,3)44-31(46)48-18-21-8-5-4-6-9-21/h4-17,47H,18-19H2,1-3H3,(H,41,45)(H,44,46). The van der Waals surface area contributed by atoms with Gasteiger partial charge in [-0.2, -0.15) is 13.2 Å². The third-order valence-corrected chi connectivity index (χ3v) is 8.62. The van der Waals surface area contributed by atoms with E-state index in [2.05, 4.69) is 30.6 Å². The maximum atomic E-state index is 14.8. The van der Waals surface area contributed by atoms with Crippen LogP contribution in [-0.4, -0.2) is 49.8 Å². The number of pyridine rings is 1. The second kappa shape index (κ2) is 14.1. The van der Waals surface area contributed by atoms with Crippen LogP contribution in [-0.2, 0) is 22.5 Å². The number of alkyl halides is 3. The molecule has 0 aliphatic heterocycles. The van der Waals surface area contributed by atoms with Gasteiger partial charge in [0.1, 0.15) is 17.3 Å². The van der Waals surface area contributed by atoms with Crippen LogP contribution < -0.4 is 10.6 Å². The maximum absolute atomic E-state index is 14.8. The molecule has 0 aliphatic rings. The van der Waals surface area contributed by atoms with Crippen LogP contribution in [0.3, 0.4) is 0 Å². The summed E-state index contributed by atoms with van der Waals surface area (Å²) in [5, 5.41) is 16.5. The van der Waals surface area contributed by atoms with Crippen LogP contribution in [0.15, 0.2) is 85.2 Å². The summed E-state index contributed by atoms with van der Waals surface area (Å²) in [5.41, 5.74) is -4.72. The quantitative estimate of drug-likeness (QED) is 0.142. The molecule has 10 nitrogen and oxygen atoms in total. The lowest BCUT2D eigenvalue weighted by Gasteiger charge is -2.33. The van der Waals surface area contributed by atoms with Gasteiger partial charge < -0.3 is 20.5 Å². The molecule has 5 rings (SSSR count). The van der Waals surface area contributed by atoms with Crippen molar-refractivity contribution < 1.29 is 37.0 Å². The van der Waals surface area contributed by atoms with E-state index in [0.29, 0.717) is 0 Å². The molecule has 15 heteroatoms. The second-order valence-corrected chi connectivity index (χ2v) is 12.5. The number of alkyl carbamates (subject to hydrolysis) is 1. The number of aliphatic hydroxyl groups is 1. The summed E-state index contributed by atoms with van der Waals surface area (Å²) < 4.78 is 63.6. The Morgan fingerprint density at radius 2 is 1.61 bits per heavy atom. The van der Waals surface area contributed by atoms with E-state index in [1.165, 1.54) is 51.4 Å². The predicted molar refractivity (Wildman–Crippen MR) is 173 cm³/mol. The number of carbonyl (C=O) groups excluding carboxylic acids is 2. The molecular formula is C34H30F4N6O4S. The van der Waals surface area contributed by atoms with Crippen molar-refractivity contribution in [2.75, 3.05) is 6.54 Å². The minimum atomic E-state index is -5.34. The fourth-order valence-electron chi connectivity index (χ4n) is 4.70. The number of hydrogen-bond donors (Lipinski definition) is 3. The molecule has 2 amide bonds. The van der Waals surface area contributed by atoms with Gasteiger partial charge in [-0.25, -0.2) is 29.1 Å². The molecule has 254 valence electrons. The normalized spacial score (nSPS) is 13.0. The van der Waals surface area contributed by atoms with Crippen LogP contribution in [0.5, 0.6) is 0 Å². The molecule has 0 saturated carbocycles. The maximum Gasteiger partial charge on any atom is 0.424 e. The first kappa shape index (κ1) is 35.0. The Hall–Kier alpha value is -5.28. The molecule has 1 atom stereocenters. The second-order valence-electron chi connectivity index (χ2n) is 11.5. The number of thiazole rings is 1. The van der Waals surface area contributed by atoms with Crippen molar-refractivity contribution in [1.29, 1.82) is 0 Å². The molecule has 1 unspecified atom stereocenters. The molecule has 49 heavy (non-hydrogen) atoms. The first-order valence-electron chi connectivity index (χ1n) is 14.8. The van der Waals surface area contributed by atoms with Gasteiger partial charge in [-0.05, 0) is 74.4 Å². The molecule has 3 heterocycles. The zero-order chi connectivity index (χ0) is 35.4. The number of amides is 2. The van der Waals surface area contributed by atoms with Crippen LogP contribution in [0.1, 0.15) is 46.0 Å². The Balaban J connectivity index is 1.47. The highest BCUT2D eigenvalue weighted by molar-refractivity contribution is 7.17. The molecule has 0 bridgehead atoms. The SMILES string of the molecule is Cc1nc(-c2ncccn2)sc1C(=O)NCC(O)(c1cc(C(C)(C)NC(=O)OCc2ccccc2)cc(-c2ccc(F)cc2)n1)C(F)(F)F. The number of aryl methyl sites for hydroxylation is 1. The molecular weight excluding hydrogens is 664 g/mol. The number of carbonyl (C=O) groups is 2. The van der Waals surface area contributed by atoms with Gasteiger partial charge in [0, 0.05) is 18.0 Å². The van der Waals surface area contributed by atoms with Crippen LogP contribution >= 0.6 is 11.3 Å². The molecule has 0 spiro atoms. The van der Waals surface area contributed by atoms with Crippen LogP contribution in [0.2, 0.25) is 0 Å². The molecule has 0 fully saturated rings. The van der Waals surface area contributed by atoms with E-state index in [1.807, 2.05) is 0 Å². The van der Waals surface area contributed by atoms with E-state index in [4.69, 9.17) is 4.74 Å². The zero-order valence-corrected chi connectivity index (χ0v) is 27.2. The van der Waals surface area contributed by atoms with Crippen molar-refractivity contribution in [2.45, 2.75) is 44.7 Å². The Bertz CT molecular complexity index is 1940. The number of rotatable bonds is 10. The molecule has 0 saturated heterocycles. The van der Waals surface area contributed by atoms with Crippen LogP contribution in [0.25, 0.3) is 22.1 Å². The summed E-state index contributed by atoms with van der Waals surface area (Å²) >= 11 is 0.880. The molecule has 3 aromatic heterocycles. The number of halogens is 4. The van der Waals surface area contributed by atoms with E-state index in [-0.39, 0.29) is 44.8 Å². The van der Waals surface area contributed by atoms with Gasteiger partial charge in [-0.3, -0.25) is 4.79 Å². The summed E-state index contributed by atoms with van der Waals surface area (Å²) in [4.78, 5) is 42.5. The van der Waals surface area contributed by atoms with Gasteiger partial charge in [-0.15, -0.1) is 11.3 Å². The summed E-state index contributed by atoms with van der Waals surface area (Å²) in [6.07, 6.45) is -3.24. The first-order chi connectivity index (χ1) is 23.2. The van der Waals surface area contributed by atoms with E-state index >= 15 is 0 Å². The summed E-state index contributed by atoms with van der Waals surface area (Å²) in [5.74, 6) is -1.27. The van der Waals surface area contributed by atoms with Crippen LogP contribution in [0, 0.1) is 12.7 Å².